The molecule has 1 aliphatic rings. The summed E-state index contributed by atoms with van der Waals surface area (Å²) in [7, 11) is 0. The van der Waals surface area contributed by atoms with E-state index in [-0.39, 0.29) is 12.0 Å². The number of aromatic nitrogens is 1. The summed E-state index contributed by atoms with van der Waals surface area (Å²) in [5.41, 5.74) is 0.910. The third kappa shape index (κ3) is 4.10. The molecule has 1 aromatic heterocycles. The van der Waals surface area contributed by atoms with E-state index < -0.39 is 0 Å². The summed E-state index contributed by atoms with van der Waals surface area (Å²) in [4.78, 5) is 6.88. The van der Waals surface area contributed by atoms with Crippen LogP contribution in [0.4, 0.5) is 11.5 Å². The van der Waals surface area contributed by atoms with E-state index in [4.69, 9.17) is 0 Å². The van der Waals surface area contributed by atoms with Crippen LogP contribution in [0.5, 0.6) is 0 Å². The minimum Gasteiger partial charge on any atom is -0.396 e. The highest BCUT2D eigenvalue weighted by molar-refractivity contribution is 5.48. The number of aliphatic hydroxyl groups excluding tert-OH is 1. The van der Waals surface area contributed by atoms with Crippen LogP contribution in [0.2, 0.25) is 0 Å². The number of pyridine rings is 1. The molecule has 0 spiro atoms. The zero-order valence-corrected chi connectivity index (χ0v) is 12.0. The van der Waals surface area contributed by atoms with Crippen LogP contribution in [0.1, 0.15) is 33.1 Å². The molecule has 19 heavy (non-hydrogen) atoms. The molecule has 2 rings (SSSR count). The van der Waals surface area contributed by atoms with Crippen LogP contribution in [0.25, 0.3) is 0 Å². The van der Waals surface area contributed by atoms with Crippen molar-refractivity contribution >= 4 is 11.5 Å². The Balaban J connectivity index is 1.91. The maximum absolute atomic E-state index is 9.22. The number of hydrogen-bond acceptors (Lipinski definition) is 4. The van der Waals surface area contributed by atoms with E-state index in [9.17, 15) is 5.11 Å². The van der Waals surface area contributed by atoms with Crippen LogP contribution < -0.4 is 10.2 Å². The molecule has 4 nitrogen and oxygen atoms in total. The van der Waals surface area contributed by atoms with Gasteiger partial charge < -0.3 is 15.3 Å². The molecule has 0 radical (unpaired) electrons. The number of rotatable bonds is 5. The number of aliphatic hydroxyl groups is 1. The largest absolute Gasteiger partial charge is 0.396 e. The van der Waals surface area contributed by atoms with Gasteiger partial charge in [-0.05, 0) is 31.4 Å². The second-order valence-electron chi connectivity index (χ2n) is 6.13. The molecule has 0 unspecified atom stereocenters. The van der Waals surface area contributed by atoms with Crippen molar-refractivity contribution in [2.45, 2.75) is 33.1 Å². The molecule has 4 heteroatoms. The van der Waals surface area contributed by atoms with E-state index >= 15 is 0 Å². The minimum absolute atomic E-state index is 0.106. The molecule has 106 valence electrons. The maximum Gasteiger partial charge on any atom is 0.128 e. The molecule has 2 heterocycles. The van der Waals surface area contributed by atoms with Gasteiger partial charge in [-0.2, -0.15) is 0 Å². The summed E-state index contributed by atoms with van der Waals surface area (Å²) in [6, 6.07) is 4.16. The molecule has 0 amide bonds. The molecule has 0 atom stereocenters. The van der Waals surface area contributed by atoms with Crippen LogP contribution in [0, 0.1) is 5.41 Å². The summed E-state index contributed by atoms with van der Waals surface area (Å²) in [5, 5.41) is 12.5. The molecule has 0 aromatic carbocycles. The van der Waals surface area contributed by atoms with Crippen molar-refractivity contribution in [2.75, 3.05) is 36.5 Å². The molecular weight excluding hydrogens is 238 g/mol. The predicted molar refractivity (Wildman–Crippen MR) is 79.7 cm³/mol. The maximum atomic E-state index is 9.22. The first-order chi connectivity index (χ1) is 9.11. The molecule has 2 N–H and O–H groups in total. The van der Waals surface area contributed by atoms with Crippen LogP contribution in [0.3, 0.4) is 0 Å². The number of nitrogens with zero attached hydrogens (tertiary/aromatic N) is 2. The van der Waals surface area contributed by atoms with Gasteiger partial charge in [-0.15, -0.1) is 0 Å². The predicted octanol–water partition coefficient (Wildman–Crippen LogP) is 2.50. The van der Waals surface area contributed by atoms with Gasteiger partial charge in [0.25, 0.3) is 0 Å². The lowest BCUT2D eigenvalue weighted by Gasteiger charge is -2.28. The van der Waals surface area contributed by atoms with E-state index in [0.29, 0.717) is 0 Å². The first-order valence-corrected chi connectivity index (χ1v) is 7.16. The zero-order chi connectivity index (χ0) is 13.7. The van der Waals surface area contributed by atoms with Gasteiger partial charge in [-0.25, -0.2) is 4.98 Å². The van der Waals surface area contributed by atoms with Gasteiger partial charge in [0.05, 0.1) is 11.9 Å². The Hall–Kier alpha value is -1.29. The smallest absolute Gasteiger partial charge is 0.128 e. The summed E-state index contributed by atoms with van der Waals surface area (Å²) in [6.07, 6.45) is 5.77. The first-order valence-electron chi connectivity index (χ1n) is 7.16. The van der Waals surface area contributed by atoms with Gasteiger partial charge in [-0.3, -0.25) is 0 Å². The second kappa shape index (κ2) is 6.24. The number of nitrogens with one attached hydrogen (secondary N) is 1. The van der Waals surface area contributed by atoms with Gasteiger partial charge >= 0.3 is 0 Å². The Bertz CT molecular complexity index is 383. The molecule has 0 aliphatic carbocycles. The summed E-state index contributed by atoms with van der Waals surface area (Å²) in [5.74, 6) is 1.08. The fourth-order valence-corrected chi connectivity index (χ4v) is 2.20. The highest BCUT2D eigenvalue weighted by Gasteiger charge is 2.16. The minimum atomic E-state index is -0.106. The lowest BCUT2D eigenvalue weighted by atomic mass is 9.95. The van der Waals surface area contributed by atoms with Crippen molar-refractivity contribution in [2.24, 2.45) is 5.41 Å². The average Bonchev–Trinajstić information content (AvgIpc) is 2.47. The second-order valence-corrected chi connectivity index (χ2v) is 6.13. The van der Waals surface area contributed by atoms with E-state index in [1.54, 1.807) is 0 Å². The SMILES string of the molecule is CC(C)(CO)CNc1ccc(N2CCCCC2)nc1. The van der Waals surface area contributed by atoms with Gasteiger partial charge in [-0.1, -0.05) is 13.8 Å². The quantitative estimate of drug-likeness (QED) is 0.857. The topological polar surface area (TPSA) is 48.4 Å². The zero-order valence-electron chi connectivity index (χ0n) is 12.0. The summed E-state index contributed by atoms with van der Waals surface area (Å²) < 4.78 is 0. The summed E-state index contributed by atoms with van der Waals surface area (Å²) in [6.45, 7) is 7.24. The van der Waals surface area contributed by atoms with Crippen LogP contribution in [-0.2, 0) is 0 Å². The van der Waals surface area contributed by atoms with Crippen molar-refractivity contribution < 1.29 is 5.11 Å². The fourth-order valence-electron chi connectivity index (χ4n) is 2.20. The van der Waals surface area contributed by atoms with E-state index in [0.717, 1.165) is 31.1 Å². The number of hydrogen-bond donors (Lipinski definition) is 2. The standard InChI is InChI=1S/C15H25N3O/c1-15(2,12-19)11-17-13-6-7-14(16-10-13)18-8-4-3-5-9-18/h6-7,10,17,19H,3-5,8-9,11-12H2,1-2H3. The Morgan fingerprint density at radius 2 is 2.00 bits per heavy atom. The summed E-state index contributed by atoms with van der Waals surface area (Å²) >= 11 is 0. The van der Waals surface area contributed by atoms with Crippen LogP contribution >= 0.6 is 0 Å². The van der Waals surface area contributed by atoms with Crippen molar-refractivity contribution in [1.29, 1.82) is 0 Å². The number of piperidine rings is 1. The first kappa shape index (κ1) is 14.1. The molecule has 1 aliphatic heterocycles. The van der Waals surface area contributed by atoms with Gasteiger partial charge in [0.15, 0.2) is 0 Å². The van der Waals surface area contributed by atoms with Crippen molar-refractivity contribution in [3.8, 4) is 0 Å². The molecule has 1 aromatic rings. The van der Waals surface area contributed by atoms with Crippen LogP contribution in [-0.4, -0.2) is 36.3 Å². The van der Waals surface area contributed by atoms with E-state index in [1.807, 2.05) is 20.0 Å². The Labute approximate surface area is 115 Å². The highest BCUT2D eigenvalue weighted by atomic mass is 16.3. The molecular formula is C15H25N3O. The number of anilines is 2. The molecule has 1 saturated heterocycles. The lowest BCUT2D eigenvalue weighted by Crippen LogP contribution is -2.30. The third-order valence-corrected chi connectivity index (χ3v) is 3.63. The molecule has 1 fully saturated rings. The van der Waals surface area contributed by atoms with Crippen LogP contribution in [0.15, 0.2) is 18.3 Å². The average molecular weight is 263 g/mol. The van der Waals surface area contributed by atoms with E-state index in [2.05, 4.69) is 27.3 Å². The Kier molecular flexibility index (Phi) is 4.64. The van der Waals surface area contributed by atoms with Gasteiger partial charge in [0.2, 0.25) is 0 Å². The third-order valence-electron chi connectivity index (χ3n) is 3.63. The Morgan fingerprint density at radius 3 is 2.58 bits per heavy atom. The van der Waals surface area contributed by atoms with Gasteiger partial charge in [0, 0.05) is 31.7 Å². The highest BCUT2D eigenvalue weighted by Crippen LogP contribution is 2.20. The lowest BCUT2D eigenvalue weighted by molar-refractivity contribution is 0.171. The monoisotopic (exact) mass is 263 g/mol. The van der Waals surface area contributed by atoms with Crippen molar-refractivity contribution in [3.63, 3.8) is 0 Å². The fraction of sp³-hybridized carbons (Fsp3) is 0.667. The van der Waals surface area contributed by atoms with Crippen molar-refractivity contribution in [3.05, 3.63) is 18.3 Å². The van der Waals surface area contributed by atoms with E-state index in [1.165, 1.54) is 19.3 Å². The van der Waals surface area contributed by atoms with Crippen molar-refractivity contribution in [1.82, 2.24) is 4.98 Å². The normalized spacial score (nSPS) is 16.5. The Morgan fingerprint density at radius 1 is 1.26 bits per heavy atom. The molecule has 0 saturated carbocycles. The van der Waals surface area contributed by atoms with Gasteiger partial charge in [0.1, 0.15) is 5.82 Å². The molecule has 0 bridgehead atoms.